The van der Waals surface area contributed by atoms with Crippen LogP contribution < -0.4 is 15.4 Å². The van der Waals surface area contributed by atoms with Gasteiger partial charge in [0.25, 0.3) is 0 Å². The molecule has 2 rings (SSSR count). The molecule has 0 saturated heterocycles. The van der Waals surface area contributed by atoms with E-state index in [1.807, 2.05) is 49.4 Å². The number of benzene rings is 2. The zero-order valence-corrected chi connectivity index (χ0v) is 15.3. The first-order chi connectivity index (χ1) is 12.2. The number of methoxy groups -OCH3 is 1. The number of aliphatic hydroxyl groups excluding tert-OH is 1. The van der Waals surface area contributed by atoms with Crippen LogP contribution in [-0.4, -0.2) is 31.3 Å². The molecular formula is C19H24ClN3O2. The molecule has 0 aliphatic rings. The lowest BCUT2D eigenvalue weighted by atomic mass is 10.1. The average molecular weight is 362 g/mol. The summed E-state index contributed by atoms with van der Waals surface area (Å²) in [5.41, 5.74) is 1.69. The van der Waals surface area contributed by atoms with Gasteiger partial charge >= 0.3 is 0 Å². The first-order valence-corrected chi connectivity index (χ1v) is 8.60. The second-order valence-electron chi connectivity index (χ2n) is 5.43. The van der Waals surface area contributed by atoms with Gasteiger partial charge in [0.15, 0.2) is 5.96 Å². The van der Waals surface area contributed by atoms with Crippen molar-refractivity contribution in [3.63, 3.8) is 0 Å². The normalized spacial score (nSPS) is 12.6. The third-order valence-electron chi connectivity index (χ3n) is 3.67. The van der Waals surface area contributed by atoms with Crippen molar-refractivity contribution in [1.29, 1.82) is 0 Å². The maximum absolute atomic E-state index is 10.3. The fourth-order valence-corrected chi connectivity index (χ4v) is 2.65. The van der Waals surface area contributed by atoms with E-state index in [2.05, 4.69) is 15.6 Å². The Hall–Kier alpha value is -2.24. The van der Waals surface area contributed by atoms with Crippen LogP contribution in [0.5, 0.6) is 5.75 Å². The van der Waals surface area contributed by atoms with E-state index in [1.165, 1.54) is 0 Å². The molecule has 0 heterocycles. The van der Waals surface area contributed by atoms with E-state index < -0.39 is 6.10 Å². The molecule has 2 aromatic carbocycles. The number of para-hydroxylation sites is 1. The summed E-state index contributed by atoms with van der Waals surface area (Å²) in [4.78, 5) is 4.55. The zero-order chi connectivity index (χ0) is 18.1. The van der Waals surface area contributed by atoms with Crippen molar-refractivity contribution in [2.24, 2.45) is 4.99 Å². The van der Waals surface area contributed by atoms with Gasteiger partial charge in [-0.25, -0.2) is 4.99 Å². The minimum absolute atomic E-state index is 0.307. The fourth-order valence-electron chi connectivity index (χ4n) is 2.39. The molecule has 0 radical (unpaired) electrons. The molecule has 0 aromatic heterocycles. The van der Waals surface area contributed by atoms with Crippen molar-refractivity contribution in [1.82, 2.24) is 10.6 Å². The highest BCUT2D eigenvalue weighted by Gasteiger charge is 2.11. The van der Waals surface area contributed by atoms with Gasteiger partial charge in [0.1, 0.15) is 5.75 Å². The molecule has 2 aromatic rings. The second kappa shape index (κ2) is 9.91. The number of nitrogens with zero attached hydrogens (tertiary/aromatic N) is 1. The Morgan fingerprint density at radius 2 is 1.88 bits per heavy atom. The molecule has 0 bridgehead atoms. The van der Waals surface area contributed by atoms with Crippen LogP contribution in [0, 0.1) is 0 Å². The number of hydrogen-bond acceptors (Lipinski definition) is 3. The lowest BCUT2D eigenvalue weighted by molar-refractivity contribution is 0.181. The number of ether oxygens (including phenoxy) is 1. The molecule has 25 heavy (non-hydrogen) atoms. The summed E-state index contributed by atoms with van der Waals surface area (Å²) in [6, 6.07) is 15.0. The van der Waals surface area contributed by atoms with Crippen LogP contribution in [-0.2, 0) is 6.54 Å². The van der Waals surface area contributed by atoms with Gasteiger partial charge < -0.3 is 20.5 Å². The third-order valence-corrected chi connectivity index (χ3v) is 4.02. The van der Waals surface area contributed by atoms with Crippen LogP contribution in [0.1, 0.15) is 24.2 Å². The highest BCUT2D eigenvalue weighted by molar-refractivity contribution is 6.31. The first kappa shape index (κ1) is 19.1. The van der Waals surface area contributed by atoms with E-state index in [0.717, 1.165) is 17.9 Å². The number of halogens is 1. The van der Waals surface area contributed by atoms with Gasteiger partial charge in [-0.15, -0.1) is 0 Å². The van der Waals surface area contributed by atoms with E-state index in [9.17, 15) is 5.11 Å². The lowest BCUT2D eigenvalue weighted by Crippen LogP contribution is -2.39. The van der Waals surface area contributed by atoms with Crippen molar-refractivity contribution in [3.8, 4) is 5.75 Å². The van der Waals surface area contributed by atoms with Gasteiger partial charge in [0, 0.05) is 29.2 Å². The monoisotopic (exact) mass is 361 g/mol. The molecule has 5 nitrogen and oxygen atoms in total. The number of nitrogens with one attached hydrogen (secondary N) is 2. The zero-order valence-electron chi connectivity index (χ0n) is 14.5. The van der Waals surface area contributed by atoms with E-state index >= 15 is 0 Å². The Morgan fingerprint density at radius 1 is 1.16 bits per heavy atom. The number of aliphatic imine (C=N–C) groups is 1. The quantitative estimate of drug-likeness (QED) is 0.523. The predicted molar refractivity (Wildman–Crippen MR) is 102 cm³/mol. The average Bonchev–Trinajstić information content (AvgIpc) is 2.64. The van der Waals surface area contributed by atoms with Gasteiger partial charge in [-0.05, 0) is 19.1 Å². The van der Waals surface area contributed by atoms with Gasteiger partial charge in [-0.1, -0.05) is 48.0 Å². The lowest BCUT2D eigenvalue weighted by Gasteiger charge is -2.16. The minimum atomic E-state index is -0.719. The van der Waals surface area contributed by atoms with Crippen molar-refractivity contribution < 1.29 is 9.84 Å². The molecule has 0 saturated carbocycles. The van der Waals surface area contributed by atoms with Crippen molar-refractivity contribution in [2.45, 2.75) is 19.6 Å². The maximum Gasteiger partial charge on any atom is 0.191 e. The third kappa shape index (κ3) is 5.66. The molecule has 0 fully saturated rings. The number of rotatable bonds is 7. The molecule has 0 amide bonds. The summed E-state index contributed by atoms with van der Waals surface area (Å²) in [5.74, 6) is 1.43. The molecule has 0 aliphatic heterocycles. The molecule has 0 aliphatic carbocycles. The topological polar surface area (TPSA) is 65.9 Å². The summed E-state index contributed by atoms with van der Waals surface area (Å²) in [5, 5.41) is 17.2. The fraction of sp³-hybridized carbons (Fsp3) is 0.316. The van der Waals surface area contributed by atoms with Crippen LogP contribution in [0.2, 0.25) is 5.02 Å². The molecule has 1 unspecified atom stereocenters. The Labute approximate surface area is 153 Å². The summed E-state index contributed by atoms with van der Waals surface area (Å²) in [7, 11) is 1.64. The standard InChI is InChI=1S/C19H24ClN3O2/c1-3-21-19(22-12-14-8-4-7-11-18(14)25-2)23-13-17(24)15-9-5-6-10-16(15)20/h4-11,17,24H,3,12-13H2,1-2H3,(H2,21,22,23). The maximum atomic E-state index is 10.3. The summed E-state index contributed by atoms with van der Waals surface area (Å²) < 4.78 is 5.34. The summed E-state index contributed by atoms with van der Waals surface area (Å²) in [6.45, 7) is 3.49. The second-order valence-corrected chi connectivity index (χ2v) is 5.83. The SMILES string of the molecule is CCNC(=NCc1ccccc1OC)NCC(O)c1ccccc1Cl. The molecule has 3 N–H and O–H groups in total. The van der Waals surface area contributed by atoms with Crippen LogP contribution >= 0.6 is 11.6 Å². The Bertz CT molecular complexity index is 707. The Balaban J connectivity index is 2.01. The Kier molecular flexibility index (Phi) is 7.57. The highest BCUT2D eigenvalue weighted by atomic mass is 35.5. The van der Waals surface area contributed by atoms with Crippen LogP contribution in [0.25, 0.3) is 0 Å². The highest BCUT2D eigenvalue weighted by Crippen LogP contribution is 2.22. The number of hydrogen-bond donors (Lipinski definition) is 3. The summed E-state index contributed by atoms with van der Waals surface area (Å²) in [6.07, 6.45) is -0.719. The van der Waals surface area contributed by atoms with Crippen molar-refractivity contribution in [3.05, 3.63) is 64.7 Å². The largest absolute Gasteiger partial charge is 0.496 e. The molecule has 6 heteroatoms. The predicted octanol–water partition coefficient (Wildman–Crippen LogP) is 3.14. The van der Waals surface area contributed by atoms with E-state index in [-0.39, 0.29) is 0 Å². The summed E-state index contributed by atoms with van der Waals surface area (Å²) >= 11 is 6.12. The van der Waals surface area contributed by atoms with Gasteiger partial charge in [-0.2, -0.15) is 0 Å². The smallest absolute Gasteiger partial charge is 0.191 e. The Morgan fingerprint density at radius 3 is 2.60 bits per heavy atom. The van der Waals surface area contributed by atoms with E-state index in [0.29, 0.717) is 29.6 Å². The van der Waals surface area contributed by atoms with Crippen molar-refractivity contribution in [2.75, 3.05) is 20.2 Å². The number of guanidine groups is 1. The number of aliphatic hydroxyl groups is 1. The van der Waals surface area contributed by atoms with Crippen molar-refractivity contribution >= 4 is 17.6 Å². The molecular weight excluding hydrogens is 338 g/mol. The molecule has 1 atom stereocenters. The van der Waals surface area contributed by atoms with Gasteiger partial charge in [0.2, 0.25) is 0 Å². The van der Waals surface area contributed by atoms with Crippen LogP contribution in [0.3, 0.4) is 0 Å². The van der Waals surface area contributed by atoms with Crippen LogP contribution in [0.4, 0.5) is 0 Å². The molecule has 0 spiro atoms. The minimum Gasteiger partial charge on any atom is -0.496 e. The van der Waals surface area contributed by atoms with Crippen LogP contribution in [0.15, 0.2) is 53.5 Å². The first-order valence-electron chi connectivity index (χ1n) is 8.22. The molecule has 134 valence electrons. The van der Waals surface area contributed by atoms with Gasteiger partial charge in [0.05, 0.1) is 19.8 Å². The van der Waals surface area contributed by atoms with E-state index in [4.69, 9.17) is 16.3 Å². The van der Waals surface area contributed by atoms with E-state index in [1.54, 1.807) is 13.2 Å². The van der Waals surface area contributed by atoms with Gasteiger partial charge in [-0.3, -0.25) is 0 Å².